The van der Waals surface area contributed by atoms with E-state index in [9.17, 15) is 24.8 Å². The Morgan fingerprint density at radius 1 is 1.10 bits per heavy atom. The van der Waals surface area contributed by atoms with Crippen molar-refractivity contribution in [2.45, 2.75) is 31.6 Å². The molecular weight excluding hydrogens is 508 g/mol. The molecule has 1 heterocycles. The number of Topliss-reactive ketones (excluding diaryl/α,β-unsaturated/α-hetero) is 1. The Labute approximate surface area is 225 Å². The largest absolute Gasteiger partial charge is 0.500 e. The Hall–Kier alpha value is -4.38. The van der Waals surface area contributed by atoms with Gasteiger partial charge in [-0.05, 0) is 36.6 Å². The van der Waals surface area contributed by atoms with Crippen LogP contribution in [-0.2, 0) is 19.1 Å². The average molecular weight is 539 g/mol. The second-order valence-corrected chi connectivity index (χ2v) is 9.24. The van der Waals surface area contributed by atoms with E-state index in [2.05, 4.69) is 5.32 Å². The number of ketones is 1. The molecule has 1 aliphatic carbocycles. The van der Waals surface area contributed by atoms with Crippen LogP contribution in [0.1, 0.15) is 42.7 Å². The van der Waals surface area contributed by atoms with Gasteiger partial charge in [-0.1, -0.05) is 18.2 Å². The second kappa shape index (κ2) is 11.6. The van der Waals surface area contributed by atoms with Gasteiger partial charge in [-0.15, -0.1) is 0 Å². The monoisotopic (exact) mass is 538 g/mol. The molecule has 2 aromatic rings. The first kappa shape index (κ1) is 27.6. The minimum atomic E-state index is -0.990. The van der Waals surface area contributed by atoms with Crippen molar-refractivity contribution in [1.29, 1.82) is 0 Å². The quantitative estimate of drug-likeness (QED) is 0.209. The highest BCUT2D eigenvalue weighted by molar-refractivity contribution is 6.04. The SMILES string of the molecule is COCCOC(=O)C1=C(C)NC2=C(C(=O)C[C@H](c3ccccc3OC)C2)[C@H]1c1cc(OC)c(O)c([N+](=O)[O-])c1. The predicted octanol–water partition coefficient (Wildman–Crippen LogP) is 3.87. The topological polar surface area (TPSA) is 146 Å². The van der Waals surface area contributed by atoms with Crippen molar-refractivity contribution in [3.63, 3.8) is 0 Å². The molecule has 39 heavy (non-hydrogen) atoms. The molecule has 0 saturated carbocycles. The Morgan fingerprint density at radius 2 is 1.82 bits per heavy atom. The number of hydrogen-bond acceptors (Lipinski definition) is 10. The summed E-state index contributed by atoms with van der Waals surface area (Å²) in [7, 11) is 4.31. The van der Waals surface area contributed by atoms with E-state index in [1.165, 1.54) is 20.3 Å². The summed E-state index contributed by atoms with van der Waals surface area (Å²) in [6.45, 7) is 1.84. The number of nitro groups is 1. The van der Waals surface area contributed by atoms with E-state index in [1.54, 1.807) is 14.0 Å². The summed E-state index contributed by atoms with van der Waals surface area (Å²) in [6, 6.07) is 10.0. The summed E-state index contributed by atoms with van der Waals surface area (Å²) in [4.78, 5) is 38.2. The van der Waals surface area contributed by atoms with Crippen LogP contribution < -0.4 is 14.8 Å². The van der Waals surface area contributed by atoms with Gasteiger partial charge < -0.3 is 29.4 Å². The van der Waals surface area contributed by atoms with Crippen molar-refractivity contribution < 1.29 is 38.6 Å². The molecule has 0 unspecified atom stereocenters. The fourth-order valence-electron chi connectivity index (χ4n) is 5.24. The lowest BCUT2D eigenvalue weighted by molar-refractivity contribution is -0.386. The van der Waals surface area contributed by atoms with Crippen LogP contribution in [-0.4, -0.2) is 56.3 Å². The number of benzene rings is 2. The molecule has 2 aliphatic rings. The Bertz CT molecular complexity index is 1380. The molecule has 4 rings (SSSR count). The number of carbonyl (C=O) groups excluding carboxylic acids is 2. The predicted molar refractivity (Wildman–Crippen MR) is 140 cm³/mol. The second-order valence-electron chi connectivity index (χ2n) is 9.24. The number of methoxy groups -OCH3 is 3. The van der Waals surface area contributed by atoms with Gasteiger partial charge >= 0.3 is 11.7 Å². The van der Waals surface area contributed by atoms with Gasteiger partial charge in [-0.3, -0.25) is 14.9 Å². The molecule has 11 nitrogen and oxygen atoms in total. The number of allylic oxidation sites excluding steroid dienone is 3. The van der Waals surface area contributed by atoms with E-state index in [0.29, 0.717) is 29.1 Å². The third-order valence-electron chi connectivity index (χ3n) is 6.97. The van der Waals surface area contributed by atoms with E-state index in [0.717, 1.165) is 11.6 Å². The molecule has 2 atom stereocenters. The molecule has 0 spiro atoms. The highest BCUT2D eigenvalue weighted by atomic mass is 16.6. The van der Waals surface area contributed by atoms with E-state index < -0.39 is 28.2 Å². The normalized spacial score (nSPS) is 18.8. The zero-order valence-corrected chi connectivity index (χ0v) is 22.1. The minimum Gasteiger partial charge on any atom is -0.500 e. The van der Waals surface area contributed by atoms with Gasteiger partial charge in [0.25, 0.3) is 0 Å². The molecule has 0 aromatic heterocycles. The third-order valence-corrected chi connectivity index (χ3v) is 6.97. The van der Waals surface area contributed by atoms with Gasteiger partial charge in [0.1, 0.15) is 12.4 Å². The number of phenolic OH excluding ortho intramolecular Hbond substituents is 1. The van der Waals surface area contributed by atoms with Gasteiger partial charge in [0.15, 0.2) is 11.5 Å². The van der Waals surface area contributed by atoms with E-state index in [-0.39, 0.29) is 48.2 Å². The lowest BCUT2D eigenvalue weighted by Crippen LogP contribution is -2.36. The maximum Gasteiger partial charge on any atom is 0.336 e. The number of phenols is 1. The van der Waals surface area contributed by atoms with Crippen molar-refractivity contribution in [2.24, 2.45) is 0 Å². The Morgan fingerprint density at radius 3 is 2.49 bits per heavy atom. The molecule has 0 bridgehead atoms. The molecule has 11 heteroatoms. The van der Waals surface area contributed by atoms with Gasteiger partial charge in [-0.2, -0.15) is 0 Å². The minimum absolute atomic E-state index is 0.0202. The number of dihydropyridines is 1. The summed E-state index contributed by atoms with van der Waals surface area (Å²) < 4.78 is 21.1. The van der Waals surface area contributed by atoms with Crippen LogP contribution in [0.3, 0.4) is 0 Å². The molecule has 206 valence electrons. The molecule has 0 amide bonds. The molecule has 1 aliphatic heterocycles. The van der Waals surface area contributed by atoms with E-state index >= 15 is 0 Å². The molecule has 0 fully saturated rings. The zero-order valence-electron chi connectivity index (χ0n) is 22.1. The smallest absolute Gasteiger partial charge is 0.336 e. The van der Waals surface area contributed by atoms with E-state index in [1.807, 2.05) is 24.3 Å². The fraction of sp³-hybridized carbons (Fsp3) is 0.357. The molecule has 2 aromatic carbocycles. The van der Waals surface area contributed by atoms with Crippen LogP contribution in [0.4, 0.5) is 5.69 Å². The first-order valence-corrected chi connectivity index (χ1v) is 12.3. The Balaban J connectivity index is 1.87. The molecule has 0 radical (unpaired) electrons. The van der Waals surface area contributed by atoms with Crippen molar-refractivity contribution in [3.8, 4) is 17.2 Å². The van der Waals surface area contributed by atoms with Crippen molar-refractivity contribution >= 4 is 17.4 Å². The summed E-state index contributed by atoms with van der Waals surface area (Å²) in [5, 5.41) is 25.4. The maximum atomic E-state index is 13.8. The van der Waals surface area contributed by atoms with Crippen LogP contribution in [0, 0.1) is 10.1 Å². The summed E-state index contributed by atoms with van der Waals surface area (Å²) in [6.07, 6.45) is 0.582. The number of ether oxygens (including phenoxy) is 4. The first-order valence-electron chi connectivity index (χ1n) is 12.3. The lowest BCUT2D eigenvalue weighted by Gasteiger charge is -2.37. The fourth-order valence-corrected chi connectivity index (χ4v) is 5.24. The van der Waals surface area contributed by atoms with Crippen LogP contribution in [0.5, 0.6) is 17.2 Å². The van der Waals surface area contributed by atoms with Crippen molar-refractivity contribution in [1.82, 2.24) is 5.32 Å². The number of para-hydroxylation sites is 1. The number of aromatic hydroxyl groups is 1. The number of carbonyl (C=O) groups is 2. The van der Waals surface area contributed by atoms with Crippen molar-refractivity contribution in [2.75, 3.05) is 34.5 Å². The number of nitrogens with zero attached hydrogens (tertiary/aromatic N) is 1. The van der Waals surface area contributed by atoms with Gasteiger partial charge in [0.2, 0.25) is 5.75 Å². The Kier molecular flexibility index (Phi) is 8.20. The lowest BCUT2D eigenvalue weighted by atomic mass is 9.71. The van der Waals surface area contributed by atoms with E-state index in [4.69, 9.17) is 18.9 Å². The van der Waals surface area contributed by atoms with Crippen LogP contribution in [0.25, 0.3) is 0 Å². The third kappa shape index (κ3) is 5.30. The maximum absolute atomic E-state index is 13.8. The standard InChI is InChI=1S/C28H30N2O9/c1-15-24(28(33)39-10-9-36-2)25(17-12-20(30(34)35)27(32)23(14-17)38-4)26-19(29-15)11-16(13-21(26)31)18-7-5-6-8-22(18)37-3/h5-8,12,14,16,25,29,32H,9-11,13H2,1-4H3/t16-,25+/m1/s1. The number of nitro benzene ring substituents is 1. The summed E-state index contributed by atoms with van der Waals surface area (Å²) in [5.41, 5.74) is 2.02. The zero-order chi connectivity index (χ0) is 28.3. The number of nitrogens with one attached hydrogen (secondary N) is 1. The van der Waals surface area contributed by atoms with Gasteiger partial charge in [0, 0.05) is 48.4 Å². The number of esters is 1. The van der Waals surface area contributed by atoms with Crippen LogP contribution in [0.2, 0.25) is 0 Å². The molecule has 0 saturated heterocycles. The van der Waals surface area contributed by atoms with Gasteiger partial charge in [-0.25, -0.2) is 4.79 Å². The number of rotatable bonds is 9. The van der Waals surface area contributed by atoms with Gasteiger partial charge in [0.05, 0.1) is 31.3 Å². The molecular formula is C28H30N2O9. The molecule has 2 N–H and O–H groups in total. The summed E-state index contributed by atoms with van der Waals surface area (Å²) >= 11 is 0. The highest BCUT2D eigenvalue weighted by Crippen LogP contribution is 2.49. The van der Waals surface area contributed by atoms with Crippen LogP contribution >= 0.6 is 0 Å². The highest BCUT2D eigenvalue weighted by Gasteiger charge is 2.43. The summed E-state index contributed by atoms with van der Waals surface area (Å²) in [5.74, 6) is -2.23. The first-order chi connectivity index (χ1) is 18.7. The number of hydrogen-bond donors (Lipinski definition) is 2. The van der Waals surface area contributed by atoms with Crippen molar-refractivity contribution in [3.05, 3.63) is 80.2 Å². The van der Waals surface area contributed by atoms with Crippen LogP contribution in [0.15, 0.2) is 58.9 Å². The average Bonchev–Trinajstić information content (AvgIpc) is 2.92.